The average molecular weight is 156 g/mol. The number of aliphatic carboxylic acids is 1. The Morgan fingerprint density at radius 2 is 1.78 bits per heavy atom. The zero-order valence-electron chi connectivity index (χ0n) is 4.68. The Kier molecular flexibility index (Phi) is 9.53. The van der Waals surface area contributed by atoms with E-state index in [0.717, 1.165) is 0 Å². The van der Waals surface area contributed by atoms with Crippen LogP contribution in [0.5, 0.6) is 0 Å². The van der Waals surface area contributed by atoms with E-state index in [2.05, 4.69) is 0 Å². The minimum absolute atomic E-state index is 0. The Balaban J connectivity index is 0. The summed E-state index contributed by atoms with van der Waals surface area (Å²) in [4.78, 5) is 19.8. The molecule has 0 unspecified atom stereocenters. The summed E-state index contributed by atoms with van der Waals surface area (Å²) in [6.45, 7) is 1.38. The third-order valence-corrected chi connectivity index (χ3v) is 0.691. The Morgan fingerprint density at radius 3 is 1.89 bits per heavy atom. The van der Waals surface area contributed by atoms with Crippen LogP contribution in [-0.2, 0) is 9.59 Å². The summed E-state index contributed by atoms with van der Waals surface area (Å²) >= 11 is 0. The molecule has 3 nitrogen and oxygen atoms in total. The molecule has 0 aliphatic rings. The summed E-state index contributed by atoms with van der Waals surface area (Å²) in [5, 5.41) is 8.01. The van der Waals surface area contributed by atoms with Crippen molar-refractivity contribution in [2.45, 2.75) is 19.8 Å². The van der Waals surface area contributed by atoms with Crippen LogP contribution in [0, 0.1) is 0 Å². The number of carbonyl (C=O) groups is 2. The first-order valence-corrected chi connectivity index (χ1v) is 2.34. The van der Waals surface area contributed by atoms with Gasteiger partial charge in [-0.05, 0) is 6.92 Å². The van der Waals surface area contributed by atoms with E-state index in [1.54, 1.807) is 0 Å². The van der Waals surface area contributed by atoms with Crippen LogP contribution < -0.4 is 0 Å². The Labute approximate surface area is 96.2 Å². The van der Waals surface area contributed by atoms with Gasteiger partial charge in [-0.1, -0.05) is 0 Å². The van der Waals surface area contributed by atoms with E-state index in [1.165, 1.54) is 6.92 Å². The van der Waals surface area contributed by atoms with Crippen LogP contribution in [0.1, 0.15) is 19.8 Å². The number of carboxylic acids is 1. The second-order valence-corrected chi connectivity index (χ2v) is 1.60. The van der Waals surface area contributed by atoms with Crippen LogP contribution in [0.25, 0.3) is 0 Å². The van der Waals surface area contributed by atoms with Gasteiger partial charge in [-0.2, -0.15) is 0 Å². The minimum atomic E-state index is -0.916. The Morgan fingerprint density at radius 1 is 1.33 bits per heavy atom. The van der Waals surface area contributed by atoms with Crippen molar-refractivity contribution in [1.29, 1.82) is 0 Å². The molecule has 0 aromatic heterocycles. The molecule has 0 saturated carbocycles. The SMILES string of the molecule is CC(=O)CCC(=O)O.[KH]. The van der Waals surface area contributed by atoms with Crippen molar-refractivity contribution in [3.05, 3.63) is 0 Å². The predicted octanol–water partition coefficient (Wildman–Crippen LogP) is -0.208. The first-order chi connectivity index (χ1) is 3.63. The summed E-state index contributed by atoms with van der Waals surface area (Å²) in [6, 6.07) is 0. The van der Waals surface area contributed by atoms with Crippen molar-refractivity contribution < 1.29 is 14.7 Å². The van der Waals surface area contributed by atoms with Crippen molar-refractivity contribution in [3.8, 4) is 0 Å². The standard InChI is InChI=1S/C5H8O3.K.H/c1-4(6)2-3-5(7)8;;/h2-3H2,1H3,(H,7,8);;. The van der Waals surface area contributed by atoms with Gasteiger partial charge in [0.15, 0.2) is 0 Å². The first kappa shape index (κ1) is 12.5. The van der Waals surface area contributed by atoms with E-state index in [0.29, 0.717) is 0 Å². The number of carboxylic acid groups (broad SMARTS) is 1. The van der Waals surface area contributed by atoms with Gasteiger partial charge in [0, 0.05) is 6.42 Å². The molecule has 0 radical (unpaired) electrons. The molecule has 0 amide bonds. The summed E-state index contributed by atoms with van der Waals surface area (Å²) in [6.07, 6.45) is 0.102. The number of ketones is 1. The molecule has 9 heavy (non-hydrogen) atoms. The van der Waals surface area contributed by atoms with Gasteiger partial charge in [-0.25, -0.2) is 0 Å². The second kappa shape index (κ2) is 6.89. The molecule has 0 spiro atoms. The Hall–Kier alpha value is 0.776. The van der Waals surface area contributed by atoms with E-state index >= 15 is 0 Å². The molecule has 0 aliphatic carbocycles. The van der Waals surface area contributed by atoms with E-state index in [9.17, 15) is 9.59 Å². The van der Waals surface area contributed by atoms with Crippen LogP contribution in [0.3, 0.4) is 0 Å². The predicted molar refractivity (Wildman–Crippen MR) is 34.7 cm³/mol. The molecule has 1 N–H and O–H groups in total. The van der Waals surface area contributed by atoms with E-state index in [-0.39, 0.29) is 70.0 Å². The molecule has 0 aromatic carbocycles. The monoisotopic (exact) mass is 156 g/mol. The third-order valence-electron chi connectivity index (χ3n) is 0.691. The van der Waals surface area contributed by atoms with Crippen LogP contribution in [0.15, 0.2) is 0 Å². The van der Waals surface area contributed by atoms with E-state index in [4.69, 9.17) is 5.11 Å². The molecule has 0 saturated heterocycles. The van der Waals surface area contributed by atoms with Gasteiger partial charge in [0.05, 0.1) is 6.42 Å². The van der Waals surface area contributed by atoms with Crippen LogP contribution in [-0.4, -0.2) is 68.2 Å². The molecular formula is C5H9KO3. The first-order valence-electron chi connectivity index (χ1n) is 2.34. The number of hydrogen-bond acceptors (Lipinski definition) is 2. The second-order valence-electron chi connectivity index (χ2n) is 1.60. The number of carbonyl (C=O) groups excluding carboxylic acids is 1. The summed E-state index contributed by atoms with van der Waals surface area (Å²) in [7, 11) is 0. The van der Waals surface area contributed by atoms with Gasteiger partial charge >= 0.3 is 57.4 Å². The number of rotatable bonds is 3. The maximum absolute atomic E-state index is 10.1. The topological polar surface area (TPSA) is 54.4 Å². The van der Waals surface area contributed by atoms with Crippen molar-refractivity contribution in [1.82, 2.24) is 0 Å². The van der Waals surface area contributed by atoms with E-state index < -0.39 is 5.97 Å². The van der Waals surface area contributed by atoms with Crippen molar-refractivity contribution in [3.63, 3.8) is 0 Å². The summed E-state index contributed by atoms with van der Waals surface area (Å²) in [5.74, 6) is -0.993. The van der Waals surface area contributed by atoms with Gasteiger partial charge in [-0.3, -0.25) is 4.79 Å². The molecule has 0 bridgehead atoms. The van der Waals surface area contributed by atoms with Crippen LogP contribution >= 0.6 is 0 Å². The van der Waals surface area contributed by atoms with Crippen LogP contribution in [0.4, 0.5) is 0 Å². The molecule has 0 aliphatic heterocycles. The van der Waals surface area contributed by atoms with Crippen molar-refractivity contribution >= 4 is 63.1 Å². The quantitative estimate of drug-likeness (QED) is 0.575. The van der Waals surface area contributed by atoms with Gasteiger partial charge in [-0.15, -0.1) is 0 Å². The van der Waals surface area contributed by atoms with Gasteiger partial charge in [0.2, 0.25) is 0 Å². The number of hydrogen-bond donors (Lipinski definition) is 1. The Bertz CT molecular complexity index is 96.8. The fourth-order valence-corrected chi connectivity index (χ4v) is 0.283. The normalized spacial score (nSPS) is 7.67. The molecule has 48 valence electrons. The van der Waals surface area contributed by atoms with Crippen LogP contribution in [0.2, 0.25) is 0 Å². The summed E-state index contributed by atoms with van der Waals surface area (Å²) < 4.78 is 0. The maximum atomic E-state index is 10.1. The zero-order valence-corrected chi connectivity index (χ0v) is 4.68. The molecule has 0 aromatic rings. The molecule has 0 atom stereocenters. The van der Waals surface area contributed by atoms with Crippen molar-refractivity contribution in [2.75, 3.05) is 0 Å². The summed E-state index contributed by atoms with van der Waals surface area (Å²) in [5.41, 5.74) is 0. The van der Waals surface area contributed by atoms with Gasteiger partial charge in [0.25, 0.3) is 0 Å². The molecule has 0 heterocycles. The fourth-order valence-electron chi connectivity index (χ4n) is 0.283. The van der Waals surface area contributed by atoms with E-state index in [1.807, 2.05) is 0 Å². The zero-order chi connectivity index (χ0) is 6.57. The molecule has 0 rings (SSSR count). The molecule has 0 fully saturated rings. The fraction of sp³-hybridized carbons (Fsp3) is 0.600. The van der Waals surface area contributed by atoms with Gasteiger partial charge in [0.1, 0.15) is 5.78 Å². The number of Topliss-reactive ketones (excluding diaryl/α,β-unsaturated/α-hetero) is 1. The third kappa shape index (κ3) is 12.1. The molecular weight excluding hydrogens is 147 g/mol. The van der Waals surface area contributed by atoms with Crippen molar-refractivity contribution in [2.24, 2.45) is 0 Å². The average Bonchev–Trinajstić information content (AvgIpc) is 1.61. The molecule has 4 heteroatoms. The van der Waals surface area contributed by atoms with Gasteiger partial charge < -0.3 is 9.90 Å².